The van der Waals surface area contributed by atoms with Crippen LogP contribution in [0.4, 0.5) is 13.2 Å². The molecule has 1 aliphatic heterocycles. The fraction of sp³-hybridized carbons (Fsp3) is 0.440. The van der Waals surface area contributed by atoms with Crippen LogP contribution in [-0.4, -0.2) is 56.2 Å². The van der Waals surface area contributed by atoms with Gasteiger partial charge in [0.05, 0.1) is 31.5 Å². The van der Waals surface area contributed by atoms with Crippen LogP contribution in [0, 0.1) is 5.92 Å². The molecule has 1 heterocycles. The lowest BCUT2D eigenvalue weighted by molar-refractivity contribution is -0.140. The molecule has 9 heteroatoms. The highest BCUT2D eigenvalue weighted by Crippen LogP contribution is 2.42. The van der Waals surface area contributed by atoms with Crippen molar-refractivity contribution in [2.24, 2.45) is 5.92 Å². The van der Waals surface area contributed by atoms with Gasteiger partial charge in [-0.25, -0.2) is 0 Å². The number of hydrogen-bond donors (Lipinski definition) is 1. The van der Waals surface area contributed by atoms with Crippen LogP contribution in [0.15, 0.2) is 48.5 Å². The Morgan fingerprint density at radius 1 is 1.03 bits per heavy atom. The van der Waals surface area contributed by atoms with E-state index in [4.69, 9.17) is 9.47 Å². The summed E-state index contributed by atoms with van der Waals surface area (Å²) < 4.78 is 50.8. The topological polar surface area (TPSA) is 67.9 Å². The highest BCUT2D eigenvalue weighted by atomic mass is 19.4. The highest BCUT2D eigenvalue weighted by molar-refractivity contribution is 5.96. The predicted octanol–water partition coefficient (Wildman–Crippen LogP) is 3.87. The predicted molar refractivity (Wildman–Crippen MR) is 119 cm³/mol. The largest absolute Gasteiger partial charge is 0.497 e. The number of rotatable bonds is 5. The van der Waals surface area contributed by atoms with E-state index in [1.165, 1.54) is 18.2 Å². The minimum absolute atomic E-state index is 0.0171. The van der Waals surface area contributed by atoms with Crippen LogP contribution in [0.2, 0.25) is 0 Å². The molecule has 0 bridgehead atoms. The van der Waals surface area contributed by atoms with Gasteiger partial charge >= 0.3 is 6.18 Å². The second-order valence-electron chi connectivity index (χ2n) is 8.61. The van der Waals surface area contributed by atoms with Gasteiger partial charge in [-0.2, -0.15) is 13.2 Å². The molecule has 2 amide bonds. The number of hydrogen-bond acceptors (Lipinski definition) is 4. The Morgan fingerprint density at radius 3 is 2.35 bits per heavy atom. The normalized spacial score (nSPS) is 22.9. The van der Waals surface area contributed by atoms with Gasteiger partial charge in [-0.1, -0.05) is 24.3 Å². The average molecular weight is 476 g/mol. The lowest BCUT2D eigenvalue weighted by Gasteiger charge is -2.31. The van der Waals surface area contributed by atoms with Crippen molar-refractivity contribution in [2.45, 2.75) is 31.0 Å². The summed E-state index contributed by atoms with van der Waals surface area (Å²) in [7, 11) is 1.57. The zero-order chi connectivity index (χ0) is 24.3. The van der Waals surface area contributed by atoms with E-state index in [1.807, 2.05) is 24.3 Å². The standard InChI is InChI=1S/C25H27F3N2O4/c1-33-18-8-6-16(7-9-18)20-14-17(15-21(20)24(32)30-10-12-34-13-11-30)29-23(31)19-4-2-3-5-22(19)25(26,27)28/h2-9,17,20-21H,10-15H2,1H3,(H,29,31)/t17-,20+,21-/m0/s1. The Bertz CT molecular complexity index is 1020. The van der Waals surface area contributed by atoms with Crippen molar-refractivity contribution in [3.8, 4) is 5.75 Å². The maximum Gasteiger partial charge on any atom is 0.417 e. The van der Waals surface area contributed by atoms with Gasteiger partial charge in [-0.05, 0) is 48.6 Å². The van der Waals surface area contributed by atoms with Gasteiger partial charge in [0, 0.05) is 25.0 Å². The van der Waals surface area contributed by atoms with E-state index < -0.39 is 35.2 Å². The molecular weight excluding hydrogens is 449 g/mol. The van der Waals surface area contributed by atoms with Gasteiger partial charge in [0.25, 0.3) is 5.91 Å². The van der Waals surface area contributed by atoms with E-state index in [2.05, 4.69) is 5.32 Å². The first-order valence-corrected chi connectivity index (χ1v) is 11.3. The van der Waals surface area contributed by atoms with Gasteiger partial charge in [-0.15, -0.1) is 0 Å². The number of amides is 2. The molecule has 34 heavy (non-hydrogen) atoms. The third kappa shape index (κ3) is 5.19. The summed E-state index contributed by atoms with van der Waals surface area (Å²) in [4.78, 5) is 28.0. The summed E-state index contributed by atoms with van der Waals surface area (Å²) in [5, 5.41) is 2.76. The van der Waals surface area contributed by atoms with Crippen molar-refractivity contribution in [1.82, 2.24) is 10.2 Å². The first-order valence-electron chi connectivity index (χ1n) is 11.3. The Balaban J connectivity index is 1.56. The van der Waals surface area contributed by atoms with Crippen molar-refractivity contribution in [1.29, 1.82) is 0 Å². The molecule has 1 aliphatic carbocycles. The van der Waals surface area contributed by atoms with Gasteiger partial charge < -0.3 is 19.7 Å². The second-order valence-corrected chi connectivity index (χ2v) is 8.61. The minimum atomic E-state index is -4.63. The summed E-state index contributed by atoms with van der Waals surface area (Å²) >= 11 is 0. The molecule has 4 rings (SSSR count). The molecule has 1 N–H and O–H groups in total. The maximum atomic E-state index is 13.4. The Kier molecular flexibility index (Phi) is 7.11. The lowest BCUT2D eigenvalue weighted by Crippen LogP contribution is -2.44. The smallest absolute Gasteiger partial charge is 0.417 e. The molecular formula is C25H27F3N2O4. The van der Waals surface area contributed by atoms with Crippen molar-refractivity contribution < 1.29 is 32.2 Å². The summed E-state index contributed by atoms with van der Waals surface area (Å²) in [6.07, 6.45) is -3.83. The second kappa shape index (κ2) is 10.0. The summed E-state index contributed by atoms with van der Waals surface area (Å²) in [5.41, 5.74) is -0.461. The number of nitrogens with one attached hydrogen (secondary N) is 1. The Hall–Kier alpha value is -3.07. The number of carbonyl (C=O) groups excluding carboxylic acids is 2. The monoisotopic (exact) mass is 476 g/mol. The minimum Gasteiger partial charge on any atom is -0.497 e. The van der Waals surface area contributed by atoms with E-state index in [9.17, 15) is 22.8 Å². The summed E-state index contributed by atoms with van der Waals surface area (Å²) in [6.45, 7) is 1.95. The molecule has 2 aromatic rings. The highest BCUT2D eigenvalue weighted by Gasteiger charge is 2.43. The molecule has 1 saturated carbocycles. The van der Waals surface area contributed by atoms with Gasteiger partial charge in [0.15, 0.2) is 0 Å². The molecule has 2 aromatic carbocycles. The maximum absolute atomic E-state index is 13.4. The molecule has 3 atom stereocenters. The van der Waals surface area contributed by atoms with Crippen LogP contribution in [-0.2, 0) is 15.7 Å². The molecule has 2 fully saturated rings. The molecule has 182 valence electrons. The SMILES string of the molecule is COc1ccc([C@H]2C[C@H](NC(=O)c3ccccc3C(F)(F)F)C[C@@H]2C(=O)N2CCOCC2)cc1. The number of benzene rings is 2. The molecule has 2 aliphatic rings. The van der Waals surface area contributed by atoms with Gasteiger partial charge in [0.2, 0.25) is 5.91 Å². The Labute approximate surface area is 196 Å². The fourth-order valence-corrected chi connectivity index (χ4v) is 4.86. The molecule has 6 nitrogen and oxygen atoms in total. The molecule has 0 spiro atoms. The number of nitrogens with zero attached hydrogens (tertiary/aromatic N) is 1. The van der Waals surface area contributed by atoms with Crippen LogP contribution in [0.1, 0.15) is 40.2 Å². The van der Waals surface area contributed by atoms with E-state index in [1.54, 1.807) is 12.0 Å². The van der Waals surface area contributed by atoms with E-state index in [0.717, 1.165) is 11.6 Å². The van der Waals surface area contributed by atoms with E-state index >= 15 is 0 Å². The molecule has 0 aromatic heterocycles. The number of carbonyl (C=O) groups is 2. The summed E-state index contributed by atoms with van der Waals surface area (Å²) in [6, 6.07) is 11.7. The fourth-order valence-electron chi connectivity index (χ4n) is 4.86. The first kappa shape index (κ1) is 24.1. The van der Waals surface area contributed by atoms with Crippen LogP contribution in [0.3, 0.4) is 0 Å². The zero-order valence-electron chi connectivity index (χ0n) is 18.8. The number of halogens is 3. The molecule has 0 unspecified atom stereocenters. The number of methoxy groups -OCH3 is 1. The first-order chi connectivity index (χ1) is 16.3. The zero-order valence-corrected chi connectivity index (χ0v) is 18.8. The van der Waals surface area contributed by atoms with Crippen LogP contribution >= 0.6 is 0 Å². The van der Waals surface area contributed by atoms with E-state index in [0.29, 0.717) is 44.9 Å². The number of alkyl halides is 3. The third-order valence-corrected chi connectivity index (χ3v) is 6.56. The lowest BCUT2D eigenvalue weighted by atomic mass is 9.88. The number of morpholine rings is 1. The molecule has 1 saturated heterocycles. The van der Waals surface area contributed by atoms with Crippen molar-refractivity contribution >= 4 is 11.8 Å². The van der Waals surface area contributed by atoms with E-state index in [-0.39, 0.29) is 11.8 Å². The number of ether oxygens (including phenoxy) is 2. The van der Waals surface area contributed by atoms with Crippen molar-refractivity contribution in [3.63, 3.8) is 0 Å². The van der Waals surface area contributed by atoms with Gasteiger partial charge in [-0.3, -0.25) is 9.59 Å². The average Bonchev–Trinajstić information content (AvgIpc) is 3.27. The summed E-state index contributed by atoms with van der Waals surface area (Å²) in [5.74, 6) is -0.687. The Morgan fingerprint density at radius 2 is 1.71 bits per heavy atom. The van der Waals surface area contributed by atoms with Crippen LogP contribution in [0.5, 0.6) is 5.75 Å². The van der Waals surface area contributed by atoms with Crippen LogP contribution in [0.25, 0.3) is 0 Å². The van der Waals surface area contributed by atoms with Gasteiger partial charge in [0.1, 0.15) is 5.75 Å². The van der Waals surface area contributed by atoms with Crippen molar-refractivity contribution in [3.05, 3.63) is 65.2 Å². The van der Waals surface area contributed by atoms with Crippen LogP contribution < -0.4 is 10.1 Å². The third-order valence-electron chi connectivity index (χ3n) is 6.56. The quantitative estimate of drug-likeness (QED) is 0.712. The van der Waals surface area contributed by atoms with Crippen molar-refractivity contribution in [2.75, 3.05) is 33.4 Å². The molecule has 0 radical (unpaired) electrons.